The summed E-state index contributed by atoms with van der Waals surface area (Å²) in [7, 11) is 1.99. The molecule has 0 radical (unpaired) electrons. The lowest BCUT2D eigenvalue weighted by Gasteiger charge is -2.38. The van der Waals surface area contributed by atoms with E-state index in [2.05, 4.69) is 24.3 Å². The van der Waals surface area contributed by atoms with Crippen LogP contribution in [-0.4, -0.2) is 22.6 Å². The van der Waals surface area contributed by atoms with Crippen LogP contribution in [0.4, 0.5) is 0 Å². The fraction of sp³-hybridized carbons (Fsp3) is 0.533. The summed E-state index contributed by atoms with van der Waals surface area (Å²) >= 11 is 1.94. The van der Waals surface area contributed by atoms with Gasteiger partial charge in [0.15, 0.2) is 0 Å². The Hall–Kier alpha value is -0.960. The highest BCUT2D eigenvalue weighted by atomic mass is 32.2. The Kier molecular flexibility index (Phi) is 2.02. The van der Waals surface area contributed by atoms with Crippen LogP contribution >= 0.6 is 11.8 Å². The van der Waals surface area contributed by atoms with Gasteiger partial charge in [0.25, 0.3) is 0 Å². The molecule has 1 spiro atoms. The Morgan fingerprint density at radius 2 is 2.11 bits per heavy atom. The minimum Gasteiger partial charge on any atom is -0.326 e. The molecule has 2 saturated heterocycles. The number of carbonyl (C=O) groups is 1. The van der Waals surface area contributed by atoms with Crippen molar-refractivity contribution in [3.63, 3.8) is 0 Å². The van der Waals surface area contributed by atoms with E-state index in [1.165, 1.54) is 18.4 Å². The highest BCUT2D eigenvalue weighted by molar-refractivity contribution is 8.03. The van der Waals surface area contributed by atoms with Gasteiger partial charge in [0.2, 0.25) is 5.91 Å². The van der Waals surface area contributed by atoms with Crippen molar-refractivity contribution in [2.24, 2.45) is 5.92 Å². The molecule has 2 heterocycles. The summed E-state index contributed by atoms with van der Waals surface area (Å²) in [6.07, 6.45) is 4.69. The molecule has 1 aliphatic carbocycles. The summed E-state index contributed by atoms with van der Waals surface area (Å²) in [6.45, 7) is 0. The Labute approximate surface area is 112 Å². The molecule has 2 nitrogen and oxygen atoms in total. The molecule has 1 aromatic carbocycles. The van der Waals surface area contributed by atoms with E-state index in [-0.39, 0.29) is 9.62 Å². The van der Waals surface area contributed by atoms with Crippen LogP contribution in [0.2, 0.25) is 0 Å². The van der Waals surface area contributed by atoms with Gasteiger partial charge < -0.3 is 4.90 Å². The molecule has 1 saturated carbocycles. The molecule has 3 fully saturated rings. The van der Waals surface area contributed by atoms with Crippen molar-refractivity contribution in [2.75, 3.05) is 7.05 Å². The van der Waals surface area contributed by atoms with Gasteiger partial charge in [-0.25, -0.2) is 0 Å². The van der Waals surface area contributed by atoms with E-state index in [1.807, 2.05) is 29.8 Å². The molecule has 0 unspecified atom stereocenters. The number of hydrogen-bond acceptors (Lipinski definition) is 2. The molecule has 3 heteroatoms. The smallest absolute Gasteiger partial charge is 0.240 e. The second-order valence-electron chi connectivity index (χ2n) is 5.80. The topological polar surface area (TPSA) is 20.3 Å². The lowest BCUT2D eigenvalue weighted by atomic mass is 9.81. The lowest BCUT2D eigenvalue weighted by Crippen LogP contribution is -2.49. The zero-order valence-corrected chi connectivity index (χ0v) is 11.4. The molecule has 4 rings (SSSR count). The van der Waals surface area contributed by atoms with Gasteiger partial charge in [0.05, 0.1) is 0 Å². The number of hydrogen-bond donors (Lipinski definition) is 0. The van der Waals surface area contributed by atoms with E-state index in [0.717, 1.165) is 12.8 Å². The number of rotatable bonds is 1. The third-order valence-electron chi connectivity index (χ3n) is 5.07. The summed E-state index contributed by atoms with van der Waals surface area (Å²) in [5, 5.41) is 0. The van der Waals surface area contributed by atoms with E-state index in [9.17, 15) is 4.79 Å². The van der Waals surface area contributed by atoms with Crippen LogP contribution in [0.1, 0.15) is 31.2 Å². The summed E-state index contributed by atoms with van der Waals surface area (Å²) < 4.78 is -0.0788. The third kappa shape index (κ3) is 1.05. The third-order valence-corrected chi connectivity index (χ3v) is 7.16. The molecule has 18 heavy (non-hydrogen) atoms. The molecular formula is C15H17NOS. The van der Waals surface area contributed by atoms with Gasteiger partial charge in [0, 0.05) is 7.05 Å². The number of fused-ring (bicyclic) bond motifs is 1. The minimum absolute atomic E-state index is 0.0788. The summed E-state index contributed by atoms with van der Waals surface area (Å²) in [5.41, 5.74) is 1.30. The second-order valence-corrected chi connectivity index (χ2v) is 7.41. The Bertz CT molecular complexity index is 516. The lowest BCUT2D eigenvalue weighted by molar-refractivity contribution is -0.138. The number of likely N-dealkylation sites (tertiary alicyclic amines) is 1. The van der Waals surface area contributed by atoms with Crippen LogP contribution in [0.3, 0.4) is 0 Å². The first-order valence-corrected chi connectivity index (χ1v) is 7.55. The van der Waals surface area contributed by atoms with Crippen molar-refractivity contribution in [1.82, 2.24) is 4.90 Å². The van der Waals surface area contributed by atoms with Crippen LogP contribution in [0, 0.1) is 5.92 Å². The Morgan fingerprint density at radius 1 is 1.33 bits per heavy atom. The molecule has 1 aromatic rings. The Balaban J connectivity index is 1.86. The number of thioether (sulfide) groups is 1. The van der Waals surface area contributed by atoms with Crippen LogP contribution in [-0.2, 0) is 9.67 Å². The second kappa shape index (κ2) is 3.32. The van der Waals surface area contributed by atoms with Crippen molar-refractivity contribution in [1.29, 1.82) is 0 Å². The molecule has 3 atom stereocenters. The zero-order chi connectivity index (χ0) is 12.4. The summed E-state index contributed by atoms with van der Waals surface area (Å²) in [5.74, 6) is 0.983. The van der Waals surface area contributed by atoms with Crippen molar-refractivity contribution < 1.29 is 4.79 Å². The zero-order valence-electron chi connectivity index (χ0n) is 10.6. The van der Waals surface area contributed by atoms with Crippen molar-refractivity contribution in [3.05, 3.63) is 35.9 Å². The summed E-state index contributed by atoms with van der Waals surface area (Å²) in [4.78, 5) is 14.6. The average Bonchev–Trinajstić information content (AvgIpc) is 2.99. The largest absolute Gasteiger partial charge is 0.326 e. The van der Waals surface area contributed by atoms with Crippen LogP contribution in [0.25, 0.3) is 0 Å². The van der Waals surface area contributed by atoms with Crippen LogP contribution < -0.4 is 0 Å². The van der Waals surface area contributed by atoms with Gasteiger partial charge in [0.1, 0.15) is 9.62 Å². The molecule has 2 aliphatic heterocycles. The average molecular weight is 259 g/mol. The maximum Gasteiger partial charge on any atom is 0.240 e. The van der Waals surface area contributed by atoms with E-state index >= 15 is 0 Å². The predicted octanol–water partition coefficient (Wildman–Crippen LogP) is 2.99. The molecule has 0 N–H and O–H groups in total. The number of carbonyl (C=O) groups excluding carboxylic acids is 1. The van der Waals surface area contributed by atoms with Gasteiger partial charge in [-0.05, 0) is 30.7 Å². The van der Waals surface area contributed by atoms with Gasteiger partial charge in [-0.3, -0.25) is 4.79 Å². The SMILES string of the molecule is CN1C(=O)[C@@]23CCC[C@@H]2C[C@]1(c1ccccc1)S3. The van der Waals surface area contributed by atoms with E-state index in [4.69, 9.17) is 0 Å². The summed E-state index contributed by atoms with van der Waals surface area (Å²) in [6, 6.07) is 10.6. The first kappa shape index (κ1) is 10.9. The first-order valence-electron chi connectivity index (χ1n) is 6.73. The maximum absolute atomic E-state index is 12.7. The first-order chi connectivity index (χ1) is 8.69. The van der Waals surface area contributed by atoms with Crippen LogP contribution in [0.5, 0.6) is 0 Å². The van der Waals surface area contributed by atoms with Gasteiger partial charge in [-0.2, -0.15) is 0 Å². The van der Waals surface area contributed by atoms with E-state index < -0.39 is 0 Å². The van der Waals surface area contributed by atoms with Crippen LogP contribution in [0.15, 0.2) is 30.3 Å². The van der Waals surface area contributed by atoms with Gasteiger partial charge in [-0.1, -0.05) is 36.8 Å². The normalized spacial score (nSPS) is 41.5. The molecule has 2 bridgehead atoms. The number of piperidine rings is 1. The monoisotopic (exact) mass is 259 g/mol. The van der Waals surface area contributed by atoms with E-state index in [1.54, 1.807) is 0 Å². The molecule has 0 aromatic heterocycles. The van der Waals surface area contributed by atoms with Gasteiger partial charge in [-0.15, -0.1) is 11.8 Å². The molecule has 3 aliphatic rings. The molecule has 94 valence electrons. The predicted molar refractivity (Wildman–Crippen MR) is 73.2 cm³/mol. The van der Waals surface area contributed by atoms with Gasteiger partial charge >= 0.3 is 0 Å². The fourth-order valence-electron chi connectivity index (χ4n) is 4.17. The van der Waals surface area contributed by atoms with Crippen molar-refractivity contribution in [2.45, 2.75) is 35.3 Å². The fourth-order valence-corrected chi connectivity index (χ4v) is 6.37. The number of benzene rings is 1. The number of amides is 1. The maximum atomic E-state index is 12.7. The quantitative estimate of drug-likeness (QED) is 0.773. The van der Waals surface area contributed by atoms with E-state index in [0.29, 0.717) is 11.8 Å². The molecule has 1 amide bonds. The standard InChI is InChI=1S/C15H17NOS/c1-16-13(17)14-9-5-8-12(14)10-15(16,18-14)11-6-3-2-4-7-11/h2-4,6-7,12H,5,8-10H2,1H3/t12-,14-,15-/m1/s1. The minimum atomic E-state index is -0.0799. The Morgan fingerprint density at radius 3 is 2.89 bits per heavy atom. The van der Waals surface area contributed by atoms with Crippen molar-refractivity contribution in [3.8, 4) is 0 Å². The number of nitrogens with zero attached hydrogens (tertiary/aromatic N) is 1. The molecular weight excluding hydrogens is 242 g/mol. The van der Waals surface area contributed by atoms with Crippen molar-refractivity contribution >= 4 is 17.7 Å². The highest BCUT2D eigenvalue weighted by Gasteiger charge is 2.70. The highest BCUT2D eigenvalue weighted by Crippen LogP contribution is 2.70.